The number of aromatic amines is 1. The average Bonchev–Trinajstić information content (AvgIpc) is 2.88. The van der Waals surface area contributed by atoms with Crippen LogP contribution in [0.4, 0.5) is 4.79 Å². The molecule has 3 N–H and O–H groups in total. The molecule has 0 unspecified atom stereocenters. The summed E-state index contributed by atoms with van der Waals surface area (Å²) >= 11 is 0. The lowest BCUT2D eigenvalue weighted by Gasteiger charge is -2.19. The molecule has 0 aliphatic carbocycles. The fourth-order valence-electron chi connectivity index (χ4n) is 2.19. The molecule has 0 aliphatic heterocycles. The minimum absolute atomic E-state index is 0.0818. The number of alkyl carbamates (subject to hydrolysis) is 1. The standard InChI is InChI=1S/C17H24N4O3/c1-17(2,3)24-16(23)19-10-6-9-18-15(22)11-14-12-7-4-5-8-13(12)20-21-14/h4-5,7-8H,6,9-11H2,1-3H3,(H,18,22)(H,19,23)(H,20,21). The molecular weight excluding hydrogens is 308 g/mol. The number of benzene rings is 1. The zero-order valence-corrected chi connectivity index (χ0v) is 14.3. The van der Waals surface area contributed by atoms with Crippen molar-refractivity contribution < 1.29 is 14.3 Å². The van der Waals surface area contributed by atoms with Gasteiger partial charge in [-0.3, -0.25) is 9.89 Å². The monoisotopic (exact) mass is 332 g/mol. The number of carbonyl (C=O) groups is 2. The SMILES string of the molecule is CC(C)(C)OC(=O)NCCCNC(=O)Cc1[nH]nc2ccccc12. The Morgan fingerprint density at radius 2 is 1.88 bits per heavy atom. The molecule has 2 aromatic rings. The first-order chi connectivity index (χ1) is 11.3. The van der Waals surface area contributed by atoms with Crippen molar-refractivity contribution in [3.8, 4) is 0 Å². The van der Waals surface area contributed by atoms with Crippen molar-refractivity contribution in [3.05, 3.63) is 30.0 Å². The van der Waals surface area contributed by atoms with E-state index in [1.165, 1.54) is 0 Å². The molecule has 7 nitrogen and oxygen atoms in total. The van der Waals surface area contributed by atoms with E-state index in [1.807, 2.05) is 45.0 Å². The second kappa shape index (κ2) is 7.81. The topological polar surface area (TPSA) is 96.1 Å². The molecule has 24 heavy (non-hydrogen) atoms. The minimum Gasteiger partial charge on any atom is -0.444 e. The van der Waals surface area contributed by atoms with Crippen molar-refractivity contribution in [2.75, 3.05) is 13.1 Å². The first-order valence-corrected chi connectivity index (χ1v) is 8.01. The van der Waals surface area contributed by atoms with Gasteiger partial charge in [-0.25, -0.2) is 4.79 Å². The molecule has 0 saturated carbocycles. The van der Waals surface area contributed by atoms with Gasteiger partial charge < -0.3 is 15.4 Å². The lowest BCUT2D eigenvalue weighted by Crippen LogP contribution is -2.34. The smallest absolute Gasteiger partial charge is 0.407 e. The maximum absolute atomic E-state index is 12.0. The fraction of sp³-hybridized carbons (Fsp3) is 0.471. The molecule has 0 aliphatic rings. The van der Waals surface area contributed by atoms with E-state index in [4.69, 9.17) is 4.74 Å². The van der Waals surface area contributed by atoms with Gasteiger partial charge in [0, 0.05) is 18.5 Å². The summed E-state index contributed by atoms with van der Waals surface area (Å²) in [6.07, 6.45) is 0.437. The van der Waals surface area contributed by atoms with E-state index in [0.717, 1.165) is 16.6 Å². The third kappa shape index (κ3) is 5.57. The van der Waals surface area contributed by atoms with Crippen molar-refractivity contribution in [1.82, 2.24) is 20.8 Å². The summed E-state index contributed by atoms with van der Waals surface area (Å²) in [5, 5.41) is 13.5. The third-order valence-corrected chi connectivity index (χ3v) is 3.22. The van der Waals surface area contributed by atoms with Gasteiger partial charge in [0.1, 0.15) is 5.60 Å². The van der Waals surface area contributed by atoms with Crippen molar-refractivity contribution in [1.29, 1.82) is 0 Å². The van der Waals surface area contributed by atoms with Crippen molar-refractivity contribution in [2.24, 2.45) is 0 Å². The van der Waals surface area contributed by atoms with Gasteiger partial charge in [-0.2, -0.15) is 5.10 Å². The van der Waals surface area contributed by atoms with E-state index >= 15 is 0 Å². The maximum Gasteiger partial charge on any atom is 0.407 e. The Hall–Kier alpha value is -2.57. The quantitative estimate of drug-likeness (QED) is 0.706. The second-order valence-electron chi connectivity index (χ2n) is 6.53. The molecule has 2 rings (SSSR count). The number of aromatic nitrogens is 2. The van der Waals surface area contributed by atoms with E-state index in [0.29, 0.717) is 19.5 Å². The number of ether oxygens (including phenoxy) is 1. The number of hydrogen-bond acceptors (Lipinski definition) is 4. The van der Waals surface area contributed by atoms with Gasteiger partial charge in [0.25, 0.3) is 0 Å². The first-order valence-electron chi connectivity index (χ1n) is 8.01. The van der Waals surface area contributed by atoms with Gasteiger partial charge in [-0.05, 0) is 33.3 Å². The number of hydrogen-bond donors (Lipinski definition) is 3. The lowest BCUT2D eigenvalue weighted by molar-refractivity contribution is -0.120. The summed E-state index contributed by atoms with van der Waals surface area (Å²) in [5.74, 6) is -0.0818. The Balaban J connectivity index is 1.66. The van der Waals surface area contributed by atoms with Crippen LogP contribution in [-0.4, -0.2) is 40.9 Å². The number of nitrogens with one attached hydrogen (secondary N) is 3. The number of para-hydroxylation sites is 1. The van der Waals surface area contributed by atoms with Gasteiger partial charge in [-0.15, -0.1) is 0 Å². The van der Waals surface area contributed by atoms with Crippen LogP contribution >= 0.6 is 0 Å². The Labute approximate surface area is 141 Å². The van der Waals surface area contributed by atoms with Crippen LogP contribution in [0.25, 0.3) is 10.9 Å². The molecule has 1 aromatic carbocycles. The third-order valence-electron chi connectivity index (χ3n) is 3.22. The van der Waals surface area contributed by atoms with Crippen LogP contribution in [-0.2, 0) is 16.0 Å². The number of H-pyrrole nitrogens is 1. The highest BCUT2D eigenvalue weighted by atomic mass is 16.6. The number of rotatable bonds is 6. The Kier molecular flexibility index (Phi) is 5.78. The highest BCUT2D eigenvalue weighted by Crippen LogP contribution is 2.15. The molecule has 130 valence electrons. The minimum atomic E-state index is -0.509. The maximum atomic E-state index is 12.0. The second-order valence-corrected chi connectivity index (χ2v) is 6.53. The van der Waals surface area contributed by atoms with Gasteiger partial charge in [0.2, 0.25) is 5.91 Å². The van der Waals surface area contributed by atoms with Crippen molar-refractivity contribution in [3.63, 3.8) is 0 Å². The predicted molar refractivity (Wildman–Crippen MR) is 91.7 cm³/mol. The summed E-state index contributed by atoms with van der Waals surface area (Å²) in [5.41, 5.74) is 1.14. The summed E-state index contributed by atoms with van der Waals surface area (Å²) in [6, 6.07) is 7.66. The van der Waals surface area contributed by atoms with Gasteiger partial charge in [0.15, 0.2) is 0 Å². The molecule has 0 spiro atoms. The zero-order valence-electron chi connectivity index (χ0n) is 14.3. The van der Waals surface area contributed by atoms with Gasteiger partial charge >= 0.3 is 6.09 Å². The summed E-state index contributed by atoms with van der Waals surface area (Å²) in [4.78, 5) is 23.4. The number of fused-ring (bicyclic) bond motifs is 1. The molecule has 0 atom stereocenters. The molecule has 2 amide bonds. The van der Waals surface area contributed by atoms with Crippen LogP contribution in [0.5, 0.6) is 0 Å². The molecule has 0 bridgehead atoms. The molecule has 0 radical (unpaired) electrons. The average molecular weight is 332 g/mol. The van der Waals surface area contributed by atoms with E-state index in [-0.39, 0.29) is 12.3 Å². The number of carbonyl (C=O) groups excluding carboxylic acids is 2. The van der Waals surface area contributed by atoms with Crippen molar-refractivity contribution in [2.45, 2.75) is 39.2 Å². The molecular formula is C17H24N4O3. The normalized spacial score (nSPS) is 11.3. The summed E-state index contributed by atoms with van der Waals surface area (Å²) in [7, 11) is 0. The van der Waals surface area contributed by atoms with E-state index in [2.05, 4.69) is 20.8 Å². The number of amides is 2. The van der Waals surface area contributed by atoms with Crippen LogP contribution in [0.1, 0.15) is 32.9 Å². The lowest BCUT2D eigenvalue weighted by atomic mass is 10.1. The highest BCUT2D eigenvalue weighted by Gasteiger charge is 2.15. The van der Waals surface area contributed by atoms with Gasteiger partial charge in [-0.1, -0.05) is 18.2 Å². The molecule has 1 aromatic heterocycles. The predicted octanol–water partition coefficient (Wildman–Crippen LogP) is 2.14. The largest absolute Gasteiger partial charge is 0.444 e. The van der Waals surface area contributed by atoms with E-state index in [1.54, 1.807) is 0 Å². The molecule has 7 heteroatoms. The van der Waals surface area contributed by atoms with Crippen LogP contribution in [0, 0.1) is 0 Å². The Morgan fingerprint density at radius 1 is 1.17 bits per heavy atom. The molecule has 0 fully saturated rings. The Bertz CT molecular complexity index is 703. The van der Waals surface area contributed by atoms with Crippen LogP contribution in [0.3, 0.4) is 0 Å². The van der Waals surface area contributed by atoms with Crippen LogP contribution in [0.15, 0.2) is 24.3 Å². The zero-order chi connectivity index (χ0) is 17.6. The molecule has 1 heterocycles. The molecule has 0 saturated heterocycles. The summed E-state index contributed by atoms with van der Waals surface area (Å²) in [6.45, 7) is 6.37. The highest BCUT2D eigenvalue weighted by molar-refractivity contribution is 5.87. The van der Waals surface area contributed by atoms with Crippen molar-refractivity contribution >= 4 is 22.9 Å². The Morgan fingerprint density at radius 3 is 2.62 bits per heavy atom. The fourth-order valence-corrected chi connectivity index (χ4v) is 2.19. The first kappa shape index (κ1) is 17.8. The van der Waals surface area contributed by atoms with Crippen LogP contribution in [0.2, 0.25) is 0 Å². The van der Waals surface area contributed by atoms with Crippen LogP contribution < -0.4 is 10.6 Å². The number of nitrogens with zero attached hydrogens (tertiary/aromatic N) is 1. The van der Waals surface area contributed by atoms with E-state index in [9.17, 15) is 9.59 Å². The van der Waals surface area contributed by atoms with Gasteiger partial charge in [0.05, 0.1) is 17.6 Å². The van der Waals surface area contributed by atoms with E-state index < -0.39 is 11.7 Å². The summed E-state index contributed by atoms with van der Waals surface area (Å²) < 4.78 is 5.13.